The molecule has 0 heterocycles. The van der Waals surface area contributed by atoms with Crippen LogP contribution in [-0.4, -0.2) is 14.9 Å². The smallest absolute Gasteiger partial charge is 0.191 e. The third-order valence-corrected chi connectivity index (χ3v) is 7.70. The van der Waals surface area contributed by atoms with Crippen molar-refractivity contribution in [1.29, 1.82) is 0 Å². The SMILES string of the molecule is C=CCC(=C)CCO[Si](C)(C)C(C)(C)C. The molecule has 0 aromatic carbocycles. The lowest BCUT2D eigenvalue weighted by atomic mass is 10.1. The molecule has 0 aromatic rings. The van der Waals surface area contributed by atoms with E-state index in [-0.39, 0.29) is 0 Å². The second-order valence-corrected chi connectivity index (χ2v) is 10.4. The fourth-order valence-corrected chi connectivity index (χ4v) is 2.02. The molecule has 0 N–H and O–H groups in total. The molecule has 2 heteroatoms. The topological polar surface area (TPSA) is 9.23 Å². The largest absolute Gasteiger partial charge is 0.417 e. The van der Waals surface area contributed by atoms with Gasteiger partial charge < -0.3 is 4.43 Å². The van der Waals surface area contributed by atoms with Crippen LogP contribution in [0.5, 0.6) is 0 Å². The summed E-state index contributed by atoms with van der Waals surface area (Å²) in [7, 11) is -1.56. The van der Waals surface area contributed by atoms with E-state index in [4.69, 9.17) is 4.43 Å². The second kappa shape index (κ2) is 5.66. The van der Waals surface area contributed by atoms with Crippen LogP contribution in [-0.2, 0) is 4.43 Å². The van der Waals surface area contributed by atoms with Gasteiger partial charge >= 0.3 is 0 Å². The van der Waals surface area contributed by atoms with Crippen molar-refractivity contribution in [3.8, 4) is 0 Å². The molecule has 0 aliphatic carbocycles. The van der Waals surface area contributed by atoms with Crippen LogP contribution >= 0.6 is 0 Å². The summed E-state index contributed by atoms with van der Waals surface area (Å²) in [6.45, 7) is 19.8. The zero-order valence-electron chi connectivity index (χ0n) is 11.0. The van der Waals surface area contributed by atoms with Crippen LogP contribution in [0, 0.1) is 0 Å². The fraction of sp³-hybridized carbons (Fsp3) is 0.692. The first kappa shape index (κ1) is 14.7. The average molecular weight is 226 g/mol. The van der Waals surface area contributed by atoms with Crippen LogP contribution in [0.2, 0.25) is 18.1 Å². The van der Waals surface area contributed by atoms with Gasteiger partial charge in [0.25, 0.3) is 0 Å². The summed E-state index contributed by atoms with van der Waals surface area (Å²) in [4.78, 5) is 0. The molecule has 15 heavy (non-hydrogen) atoms. The molecule has 0 aliphatic heterocycles. The normalized spacial score (nSPS) is 12.6. The Balaban J connectivity index is 3.96. The van der Waals surface area contributed by atoms with Gasteiger partial charge in [-0.2, -0.15) is 0 Å². The van der Waals surface area contributed by atoms with Gasteiger partial charge in [0, 0.05) is 6.61 Å². The highest BCUT2D eigenvalue weighted by molar-refractivity contribution is 6.74. The summed E-state index contributed by atoms with van der Waals surface area (Å²) in [6, 6.07) is 0. The molecule has 0 amide bonds. The minimum Gasteiger partial charge on any atom is -0.417 e. The summed E-state index contributed by atoms with van der Waals surface area (Å²) >= 11 is 0. The van der Waals surface area contributed by atoms with Gasteiger partial charge in [-0.3, -0.25) is 0 Å². The molecule has 0 radical (unpaired) electrons. The quantitative estimate of drug-likeness (QED) is 0.477. The van der Waals surface area contributed by atoms with Gasteiger partial charge in [0.05, 0.1) is 0 Å². The Bertz CT molecular complexity index is 223. The van der Waals surface area contributed by atoms with Gasteiger partial charge in [-0.1, -0.05) is 39.0 Å². The van der Waals surface area contributed by atoms with Gasteiger partial charge in [0.2, 0.25) is 0 Å². The number of hydrogen-bond donors (Lipinski definition) is 0. The van der Waals surface area contributed by atoms with Gasteiger partial charge in [-0.15, -0.1) is 6.58 Å². The second-order valence-electron chi connectivity index (χ2n) is 5.60. The molecule has 0 aromatic heterocycles. The Morgan fingerprint density at radius 2 is 1.87 bits per heavy atom. The zero-order chi connectivity index (χ0) is 12.1. The zero-order valence-corrected chi connectivity index (χ0v) is 12.0. The van der Waals surface area contributed by atoms with Crippen LogP contribution in [0.4, 0.5) is 0 Å². The molecule has 0 rings (SSSR count). The highest BCUT2D eigenvalue weighted by Gasteiger charge is 2.36. The summed E-state index contributed by atoms with van der Waals surface area (Å²) in [5.74, 6) is 0. The third kappa shape index (κ3) is 5.33. The molecule has 0 fully saturated rings. The molecule has 88 valence electrons. The molecular formula is C13H26OSi. The highest BCUT2D eigenvalue weighted by Crippen LogP contribution is 2.36. The number of allylic oxidation sites excluding steroid dienone is 1. The van der Waals surface area contributed by atoms with Crippen LogP contribution in [0.15, 0.2) is 24.8 Å². The van der Waals surface area contributed by atoms with Crippen molar-refractivity contribution in [1.82, 2.24) is 0 Å². The summed E-state index contributed by atoms with van der Waals surface area (Å²) in [5.41, 5.74) is 1.21. The first-order valence-electron chi connectivity index (χ1n) is 5.62. The van der Waals surface area contributed by atoms with E-state index >= 15 is 0 Å². The van der Waals surface area contributed by atoms with Crippen LogP contribution < -0.4 is 0 Å². The lowest BCUT2D eigenvalue weighted by Crippen LogP contribution is -2.41. The lowest BCUT2D eigenvalue weighted by Gasteiger charge is -2.36. The molecule has 0 saturated carbocycles. The third-order valence-electron chi connectivity index (χ3n) is 3.16. The predicted octanol–water partition coefficient (Wildman–Crippen LogP) is 4.53. The van der Waals surface area contributed by atoms with Crippen molar-refractivity contribution < 1.29 is 4.43 Å². The van der Waals surface area contributed by atoms with E-state index in [9.17, 15) is 0 Å². The van der Waals surface area contributed by atoms with Gasteiger partial charge in [0.1, 0.15) is 0 Å². The number of rotatable bonds is 6. The maximum Gasteiger partial charge on any atom is 0.191 e. The summed E-state index contributed by atoms with van der Waals surface area (Å²) < 4.78 is 6.05. The molecule has 0 aliphatic rings. The van der Waals surface area contributed by atoms with E-state index in [0.29, 0.717) is 5.04 Å². The van der Waals surface area contributed by atoms with Gasteiger partial charge in [0.15, 0.2) is 8.32 Å². The minimum atomic E-state index is -1.56. The van der Waals surface area contributed by atoms with Crippen molar-refractivity contribution >= 4 is 8.32 Å². The van der Waals surface area contributed by atoms with E-state index < -0.39 is 8.32 Å². The van der Waals surface area contributed by atoms with Crippen molar-refractivity contribution in [2.75, 3.05) is 6.61 Å². The molecule has 0 saturated heterocycles. The van der Waals surface area contributed by atoms with Crippen molar-refractivity contribution in [2.24, 2.45) is 0 Å². The predicted molar refractivity (Wildman–Crippen MR) is 71.7 cm³/mol. The average Bonchev–Trinajstić information content (AvgIpc) is 2.01. The minimum absolute atomic E-state index is 0.298. The standard InChI is InChI=1S/C13H26OSi/c1-8-9-12(2)10-11-14-15(6,7)13(3,4)5/h8H,1-2,9-11H2,3-7H3. The van der Waals surface area contributed by atoms with Crippen LogP contribution in [0.25, 0.3) is 0 Å². The number of hydrogen-bond acceptors (Lipinski definition) is 1. The van der Waals surface area contributed by atoms with Crippen LogP contribution in [0.3, 0.4) is 0 Å². The van der Waals surface area contributed by atoms with Crippen LogP contribution in [0.1, 0.15) is 33.6 Å². The first-order valence-corrected chi connectivity index (χ1v) is 8.53. The summed E-state index contributed by atoms with van der Waals surface area (Å²) in [5, 5.41) is 0.298. The maximum atomic E-state index is 6.05. The lowest BCUT2D eigenvalue weighted by molar-refractivity contribution is 0.291. The monoisotopic (exact) mass is 226 g/mol. The van der Waals surface area contributed by atoms with E-state index in [2.05, 4.69) is 47.0 Å². The maximum absolute atomic E-state index is 6.05. The van der Waals surface area contributed by atoms with E-state index in [1.165, 1.54) is 5.57 Å². The van der Waals surface area contributed by atoms with Crippen molar-refractivity contribution in [3.05, 3.63) is 24.8 Å². The van der Waals surface area contributed by atoms with E-state index in [0.717, 1.165) is 19.4 Å². The Labute approximate surface area is 96.4 Å². The Morgan fingerprint density at radius 1 is 1.33 bits per heavy atom. The fourth-order valence-electron chi connectivity index (χ4n) is 0.973. The van der Waals surface area contributed by atoms with Crippen molar-refractivity contribution in [3.63, 3.8) is 0 Å². The molecular weight excluding hydrogens is 200 g/mol. The Morgan fingerprint density at radius 3 is 2.27 bits per heavy atom. The molecule has 0 spiro atoms. The Kier molecular flexibility index (Phi) is 5.53. The first-order chi connectivity index (χ1) is 6.70. The Hall–Kier alpha value is -0.343. The summed E-state index contributed by atoms with van der Waals surface area (Å²) in [6.07, 6.45) is 3.76. The molecule has 0 unspecified atom stereocenters. The van der Waals surface area contributed by atoms with Crippen molar-refractivity contribution in [2.45, 2.75) is 51.7 Å². The highest BCUT2D eigenvalue weighted by atomic mass is 28.4. The van der Waals surface area contributed by atoms with Gasteiger partial charge in [-0.05, 0) is 31.0 Å². The van der Waals surface area contributed by atoms with Gasteiger partial charge in [-0.25, -0.2) is 0 Å². The molecule has 1 nitrogen and oxygen atoms in total. The molecule has 0 atom stereocenters. The molecule has 0 bridgehead atoms. The van der Waals surface area contributed by atoms with E-state index in [1.807, 2.05) is 6.08 Å². The van der Waals surface area contributed by atoms with E-state index in [1.54, 1.807) is 0 Å².